The van der Waals surface area contributed by atoms with Crippen molar-refractivity contribution in [1.82, 2.24) is 15.0 Å². The zero-order chi connectivity index (χ0) is 41.9. The minimum atomic E-state index is 0.422. The molecular formula is C52H72BrN3. The lowest BCUT2D eigenvalue weighted by molar-refractivity contribution is 0.754. The normalized spacial score (nSPS) is 12.4. The second-order valence-electron chi connectivity index (χ2n) is 17.9. The van der Waals surface area contributed by atoms with Crippen LogP contribution in [0.3, 0.4) is 0 Å². The van der Waals surface area contributed by atoms with Crippen LogP contribution in [0.2, 0.25) is 0 Å². The maximum Gasteiger partial charge on any atom is 0.130 e. The number of hydrogen-bond acceptors (Lipinski definition) is 3. The van der Waals surface area contributed by atoms with Crippen LogP contribution in [0.25, 0.3) is 15.3 Å². The lowest BCUT2D eigenvalue weighted by Gasteiger charge is -2.10. The van der Waals surface area contributed by atoms with E-state index in [0.29, 0.717) is 47.3 Å². The highest BCUT2D eigenvalue weighted by Gasteiger charge is 2.22. The molecule has 0 amide bonds. The van der Waals surface area contributed by atoms with Crippen molar-refractivity contribution < 1.29 is 0 Å². The zero-order valence-corrected chi connectivity index (χ0v) is 39.2. The predicted octanol–water partition coefficient (Wildman–Crippen LogP) is 16.3. The standard InChI is InChI=1S/C16H20.C15H19Br.C11H17N.C10H16N2/c1-11(2)13-5-7-16-10-14(12(3)4)6-8-15(16)9-13;1-9(2)11-5-6-12-8-13(10(3)4)15(16)14(12)7-11;1-8(2)10-5-6-11(9(3)4)12-7-10;1-7(2)9-5-11-10(8(3)4)12-6-9/h5-12H,1-4H3;5-7,9-10H,8H2,1-4H3;5-9H,1-4H3;5-8H,1-4H3. The van der Waals surface area contributed by atoms with Crippen LogP contribution in [0.5, 0.6) is 0 Å². The highest BCUT2D eigenvalue weighted by molar-refractivity contribution is 9.15. The van der Waals surface area contributed by atoms with Gasteiger partial charge in [0.25, 0.3) is 0 Å². The Hall–Kier alpha value is -3.63. The molecule has 0 aliphatic heterocycles. The number of allylic oxidation sites excluding steroid dienone is 1. The highest BCUT2D eigenvalue weighted by Crippen LogP contribution is 2.41. The Morgan fingerprint density at radius 2 is 0.839 bits per heavy atom. The number of fused-ring (bicyclic) bond motifs is 2. The summed E-state index contributed by atoms with van der Waals surface area (Å²) in [4.78, 5) is 13.0. The van der Waals surface area contributed by atoms with Crippen LogP contribution in [-0.4, -0.2) is 15.0 Å². The van der Waals surface area contributed by atoms with Crippen LogP contribution in [0.15, 0.2) is 90.9 Å². The van der Waals surface area contributed by atoms with Crippen molar-refractivity contribution >= 4 is 31.2 Å². The van der Waals surface area contributed by atoms with Gasteiger partial charge in [0, 0.05) is 34.7 Å². The van der Waals surface area contributed by atoms with Crippen molar-refractivity contribution in [2.75, 3.05) is 0 Å². The summed E-state index contributed by atoms with van der Waals surface area (Å²) in [7, 11) is 0. The Labute approximate surface area is 350 Å². The zero-order valence-electron chi connectivity index (χ0n) is 37.6. The molecule has 1 aliphatic rings. The monoisotopic (exact) mass is 817 g/mol. The minimum absolute atomic E-state index is 0.422. The van der Waals surface area contributed by atoms with Crippen LogP contribution < -0.4 is 0 Å². The van der Waals surface area contributed by atoms with Gasteiger partial charge in [-0.05, 0) is 109 Å². The molecular weight excluding hydrogens is 746 g/mol. The average Bonchev–Trinajstić information content (AvgIpc) is 3.50. The SMILES string of the molecule is CC(C)C1=C(Br)c2cc(C(C)C)ccc2C1.CC(C)c1ccc(C(C)C)nc1.CC(C)c1ccc2cc(C(C)C)ccc2c1.CC(C)c1cnc(C(C)C)nc1. The molecule has 3 aromatic carbocycles. The predicted molar refractivity (Wildman–Crippen MR) is 250 cm³/mol. The molecule has 56 heavy (non-hydrogen) atoms. The number of halogens is 1. The molecule has 0 radical (unpaired) electrons. The van der Waals surface area contributed by atoms with E-state index in [9.17, 15) is 0 Å². The van der Waals surface area contributed by atoms with Gasteiger partial charge in [0.1, 0.15) is 5.82 Å². The van der Waals surface area contributed by atoms with E-state index < -0.39 is 0 Å². The Morgan fingerprint density at radius 3 is 1.23 bits per heavy atom. The van der Waals surface area contributed by atoms with Gasteiger partial charge in [-0.1, -0.05) is 187 Å². The summed E-state index contributed by atoms with van der Waals surface area (Å²) in [5.74, 6) is 5.43. The summed E-state index contributed by atoms with van der Waals surface area (Å²) in [6.07, 6.45) is 6.95. The summed E-state index contributed by atoms with van der Waals surface area (Å²) in [5.41, 5.74) is 12.4. The van der Waals surface area contributed by atoms with Crippen LogP contribution in [0.1, 0.15) is 203 Å². The molecule has 6 rings (SSSR count). The van der Waals surface area contributed by atoms with Gasteiger partial charge in [0.15, 0.2) is 0 Å². The number of rotatable bonds is 8. The molecule has 0 atom stereocenters. The summed E-state index contributed by atoms with van der Waals surface area (Å²) < 4.78 is 1.33. The van der Waals surface area contributed by atoms with E-state index >= 15 is 0 Å². The molecule has 2 aromatic heterocycles. The van der Waals surface area contributed by atoms with E-state index in [4.69, 9.17) is 0 Å². The first-order chi connectivity index (χ1) is 26.3. The summed E-state index contributed by atoms with van der Waals surface area (Å²) in [6, 6.07) is 24.8. The Balaban J connectivity index is 0.000000202. The van der Waals surface area contributed by atoms with E-state index in [1.54, 1.807) is 0 Å². The lowest BCUT2D eigenvalue weighted by Crippen LogP contribution is -1.99. The quantitative estimate of drug-likeness (QED) is 0.157. The fourth-order valence-electron chi connectivity index (χ4n) is 6.27. The van der Waals surface area contributed by atoms with Gasteiger partial charge in [-0.25, -0.2) is 9.97 Å². The molecule has 0 spiro atoms. The second-order valence-corrected chi connectivity index (χ2v) is 18.7. The summed E-state index contributed by atoms with van der Waals surface area (Å²) in [6.45, 7) is 35.2. The molecule has 2 heterocycles. The molecule has 5 aromatic rings. The van der Waals surface area contributed by atoms with Crippen LogP contribution in [0.4, 0.5) is 0 Å². The van der Waals surface area contributed by atoms with Crippen molar-refractivity contribution in [2.24, 2.45) is 5.92 Å². The molecule has 0 saturated carbocycles. The first-order valence-electron chi connectivity index (χ1n) is 21.1. The molecule has 0 fully saturated rings. The average molecular weight is 819 g/mol. The fraction of sp³-hybridized carbons (Fsp3) is 0.481. The van der Waals surface area contributed by atoms with E-state index in [-0.39, 0.29) is 0 Å². The minimum Gasteiger partial charge on any atom is -0.261 e. The number of pyridine rings is 1. The van der Waals surface area contributed by atoms with E-state index in [1.807, 2.05) is 18.6 Å². The summed E-state index contributed by atoms with van der Waals surface area (Å²) >= 11 is 3.77. The van der Waals surface area contributed by atoms with Gasteiger partial charge in [0.05, 0.1) is 0 Å². The van der Waals surface area contributed by atoms with Gasteiger partial charge in [-0.2, -0.15) is 0 Å². The number of aromatic nitrogens is 3. The van der Waals surface area contributed by atoms with Crippen molar-refractivity contribution in [1.29, 1.82) is 0 Å². The summed E-state index contributed by atoms with van der Waals surface area (Å²) in [5, 5.41) is 2.71. The third-order valence-corrected chi connectivity index (χ3v) is 11.5. The maximum absolute atomic E-state index is 4.40. The van der Waals surface area contributed by atoms with Gasteiger partial charge in [0.2, 0.25) is 0 Å². The Kier molecular flexibility index (Phi) is 18.2. The van der Waals surface area contributed by atoms with Gasteiger partial charge < -0.3 is 0 Å². The second kappa shape index (κ2) is 21.8. The first-order valence-corrected chi connectivity index (χ1v) is 21.9. The number of hydrogen-bond donors (Lipinski definition) is 0. The molecule has 0 bridgehead atoms. The Bertz CT molecular complexity index is 1820. The molecule has 3 nitrogen and oxygen atoms in total. The molecule has 4 heteroatoms. The van der Waals surface area contributed by atoms with Crippen LogP contribution in [-0.2, 0) is 6.42 Å². The fourth-order valence-corrected chi connectivity index (χ4v) is 7.24. The topological polar surface area (TPSA) is 38.7 Å². The third-order valence-electron chi connectivity index (χ3n) is 10.6. The molecule has 302 valence electrons. The van der Waals surface area contributed by atoms with Crippen LogP contribution in [0, 0.1) is 5.92 Å². The smallest absolute Gasteiger partial charge is 0.130 e. The number of nitrogens with zero attached hydrogens (tertiary/aromatic N) is 3. The van der Waals surface area contributed by atoms with Gasteiger partial charge in [-0.15, -0.1) is 0 Å². The third kappa shape index (κ3) is 13.5. The van der Waals surface area contributed by atoms with Crippen molar-refractivity contribution in [3.05, 3.63) is 141 Å². The van der Waals surface area contributed by atoms with Crippen LogP contribution >= 0.6 is 15.9 Å². The van der Waals surface area contributed by atoms with Crippen molar-refractivity contribution in [3.8, 4) is 0 Å². The van der Waals surface area contributed by atoms with E-state index in [1.165, 1.54) is 65.5 Å². The van der Waals surface area contributed by atoms with E-state index in [2.05, 4.69) is 208 Å². The lowest BCUT2D eigenvalue weighted by atomic mass is 9.96. The molecule has 0 unspecified atom stereocenters. The van der Waals surface area contributed by atoms with E-state index in [0.717, 1.165) is 12.2 Å². The van der Waals surface area contributed by atoms with Crippen molar-refractivity contribution in [2.45, 2.75) is 159 Å². The van der Waals surface area contributed by atoms with Gasteiger partial charge in [-0.3, -0.25) is 4.98 Å². The molecule has 0 N–H and O–H groups in total. The maximum atomic E-state index is 4.40. The first kappa shape index (κ1) is 46.8. The molecule has 0 saturated heterocycles. The largest absolute Gasteiger partial charge is 0.261 e. The van der Waals surface area contributed by atoms with Gasteiger partial charge >= 0.3 is 0 Å². The number of benzene rings is 3. The van der Waals surface area contributed by atoms with Crippen molar-refractivity contribution in [3.63, 3.8) is 0 Å². The highest BCUT2D eigenvalue weighted by atomic mass is 79.9. The molecule has 1 aliphatic carbocycles. The Morgan fingerprint density at radius 1 is 0.411 bits per heavy atom.